The number of aliphatic hydroxyl groups excluding tert-OH is 1. The van der Waals surface area contributed by atoms with Crippen LogP contribution in [0, 0.1) is 0 Å². The highest BCUT2D eigenvalue weighted by molar-refractivity contribution is 7.89. The molecule has 144 valence electrons. The van der Waals surface area contributed by atoms with E-state index >= 15 is 0 Å². The van der Waals surface area contributed by atoms with Crippen molar-refractivity contribution in [3.63, 3.8) is 0 Å². The summed E-state index contributed by atoms with van der Waals surface area (Å²) in [6.07, 6.45) is 3.80. The summed E-state index contributed by atoms with van der Waals surface area (Å²) in [7, 11) is -3.60. The van der Waals surface area contributed by atoms with Gasteiger partial charge in [-0.1, -0.05) is 48.9 Å². The van der Waals surface area contributed by atoms with Crippen LogP contribution in [0.4, 0.5) is 0 Å². The highest BCUT2D eigenvalue weighted by Gasteiger charge is 2.41. The zero-order chi connectivity index (χ0) is 18.9. The number of sulfonamides is 1. The number of likely N-dealkylation sites (tertiary alicyclic amines) is 1. The molecule has 0 saturated carbocycles. The lowest BCUT2D eigenvalue weighted by atomic mass is 9.96. The van der Waals surface area contributed by atoms with Gasteiger partial charge in [-0.2, -0.15) is 0 Å². The van der Waals surface area contributed by atoms with Gasteiger partial charge in [-0.15, -0.1) is 0 Å². The van der Waals surface area contributed by atoms with Gasteiger partial charge in [0.05, 0.1) is 17.5 Å². The molecule has 1 heterocycles. The number of aliphatic hydroxyl groups is 1. The lowest BCUT2D eigenvalue weighted by Gasteiger charge is -2.41. The highest BCUT2D eigenvalue weighted by atomic mass is 32.2. The summed E-state index contributed by atoms with van der Waals surface area (Å²) >= 11 is 0. The van der Waals surface area contributed by atoms with Crippen LogP contribution in [0.5, 0.6) is 0 Å². The van der Waals surface area contributed by atoms with Gasteiger partial charge in [-0.05, 0) is 49.1 Å². The van der Waals surface area contributed by atoms with E-state index in [-0.39, 0.29) is 29.6 Å². The van der Waals surface area contributed by atoms with Crippen molar-refractivity contribution in [2.24, 2.45) is 0 Å². The van der Waals surface area contributed by atoms with Gasteiger partial charge in [0.15, 0.2) is 0 Å². The van der Waals surface area contributed by atoms with Crippen LogP contribution < -0.4 is 4.72 Å². The Labute approximate surface area is 161 Å². The van der Waals surface area contributed by atoms with E-state index in [0.29, 0.717) is 6.42 Å². The molecule has 1 saturated heterocycles. The molecule has 1 fully saturated rings. The molecular weight excluding hydrogens is 360 g/mol. The van der Waals surface area contributed by atoms with E-state index in [1.165, 1.54) is 11.1 Å². The molecule has 2 N–H and O–H groups in total. The Hall–Kier alpha value is -1.73. The first kappa shape index (κ1) is 18.6. The normalized spacial score (nSPS) is 26.0. The fraction of sp³-hybridized carbons (Fsp3) is 0.429. The first-order valence-electron chi connectivity index (χ1n) is 9.62. The van der Waals surface area contributed by atoms with Gasteiger partial charge in [0.2, 0.25) is 10.0 Å². The van der Waals surface area contributed by atoms with Crippen LogP contribution in [0.15, 0.2) is 59.5 Å². The number of rotatable bonds is 5. The van der Waals surface area contributed by atoms with Crippen molar-refractivity contribution in [2.75, 3.05) is 13.2 Å². The minimum Gasteiger partial charge on any atom is -0.395 e. The molecule has 2 aromatic rings. The van der Waals surface area contributed by atoms with Gasteiger partial charge in [-0.25, -0.2) is 13.1 Å². The summed E-state index contributed by atoms with van der Waals surface area (Å²) < 4.78 is 28.8. The maximum absolute atomic E-state index is 12.9. The van der Waals surface area contributed by atoms with E-state index in [2.05, 4.69) is 21.8 Å². The molecular formula is C21H26N2O3S. The van der Waals surface area contributed by atoms with Crippen molar-refractivity contribution >= 4 is 10.0 Å². The van der Waals surface area contributed by atoms with Crippen LogP contribution in [0.2, 0.25) is 0 Å². The van der Waals surface area contributed by atoms with E-state index in [1.54, 1.807) is 24.3 Å². The van der Waals surface area contributed by atoms with Gasteiger partial charge in [0.25, 0.3) is 0 Å². The molecule has 0 amide bonds. The van der Waals surface area contributed by atoms with Gasteiger partial charge in [-0.3, -0.25) is 4.90 Å². The van der Waals surface area contributed by atoms with E-state index in [0.717, 1.165) is 25.8 Å². The van der Waals surface area contributed by atoms with Gasteiger partial charge in [0, 0.05) is 12.1 Å². The fourth-order valence-corrected chi connectivity index (χ4v) is 5.80. The third-order valence-corrected chi connectivity index (χ3v) is 7.30. The molecule has 3 atom stereocenters. The largest absolute Gasteiger partial charge is 0.395 e. The van der Waals surface area contributed by atoms with Crippen LogP contribution in [0.1, 0.15) is 36.4 Å². The van der Waals surface area contributed by atoms with Crippen molar-refractivity contribution in [1.82, 2.24) is 9.62 Å². The van der Waals surface area contributed by atoms with Crippen molar-refractivity contribution in [3.05, 3.63) is 65.7 Å². The number of fused-ring (bicyclic) bond motifs is 1. The van der Waals surface area contributed by atoms with Crippen LogP contribution in [-0.4, -0.2) is 43.7 Å². The number of hydrogen-bond acceptors (Lipinski definition) is 4. The molecule has 6 heteroatoms. The molecule has 1 aliphatic carbocycles. The lowest BCUT2D eigenvalue weighted by molar-refractivity contribution is 0.0446. The molecule has 1 aliphatic heterocycles. The maximum Gasteiger partial charge on any atom is 0.240 e. The second kappa shape index (κ2) is 7.72. The first-order chi connectivity index (χ1) is 13.1. The summed E-state index contributed by atoms with van der Waals surface area (Å²) in [4.78, 5) is 2.60. The van der Waals surface area contributed by atoms with Crippen LogP contribution in [-0.2, 0) is 16.4 Å². The van der Waals surface area contributed by atoms with Gasteiger partial charge >= 0.3 is 0 Å². The summed E-state index contributed by atoms with van der Waals surface area (Å²) in [5.74, 6) is 0. The topological polar surface area (TPSA) is 69.6 Å². The monoisotopic (exact) mass is 386 g/mol. The highest BCUT2D eigenvalue weighted by Crippen LogP contribution is 2.39. The van der Waals surface area contributed by atoms with Gasteiger partial charge in [0.1, 0.15) is 0 Å². The average Bonchev–Trinajstić information content (AvgIpc) is 3.05. The molecule has 0 bridgehead atoms. The van der Waals surface area contributed by atoms with Crippen molar-refractivity contribution < 1.29 is 13.5 Å². The number of piperidine rings is 1. The minimum absolute atomic E-state index is 0.0443. The van der Waals surface area contributed by atoms with Gasteiger partial charge < -0.3 is 5.11 Å². The van der Waals surface area contributed by atoms with E-state index in [1.807, 2.05) is 18.2 Å². The Kier molecular flexibility index (Phi) is 5.32. The number of benzene rings is 2. The number of hydrogen-bond donors (Lipinski definition) is 2. The van der Waals surface area contributed by atoms with Crippen LogP contribution >= 0.6 is 0 Å². The van der Waals surface area contributed by atoms with E-state index < -0.39 is 10.0 Å². The predicted molar refractivity (Wildman–Crippen MR) is 105 cm³/mol. The average molecular weight is 387 g/mol. The molecule has 4 rings (SSSR count). The smallest absolute Gasteiger partial charge is 0.240 e. The summed E-state index contributed by atoms with van der Waals surface area (Å²) in [6, 6.07) is 16.5. The second-order valence-corrected chi connectivity index (χ2v) is 9.17. The van der Waals surface area contributed by atoms with Crippen molar-refractivity contribution in [1.29, 1.82) is 0 Å². The Morgan fingerprint density at radius 3 is 2.56 bits per heavy atom. The Morgan fingerprint density at radius 2 is 1.78 bits per heavy atom. The summed E-state index contributed by atoms with van der Waals surface area (Å²) in [5.41, 5.74) is 2.36. The Morgan fingerprint density at radius 1 is 1.04 bits per heavy atom. The Bertz CT molecular complexity index is 885. The standard InChI is InChI=1S/C21H26N2O3S/c24-15-17-9-6-7-13-23(17)21-19-12-5-4-8-16(19)14-20(21)22-27(25,26)18-10-2-1-3-11-18/h1-5,8,10-12,17,20-22,24H,6-7,9,13-15H2. The molecule has 5 nitrogen and oxygen atoms in total. The predicted octanol–water partition coefficient (Wildman–Crippen LogP) is 2.48. The zero-order valence-corrected chi connectivity index (χ0v) is 16.1. The first-order valence-corrected chi connectivity index (χ1v) is 11.1. The number of nitrogens with one attached hydrogen (secondary N) is 1. The molecule has 2 aliphatic rings. The van der Waals surface area contributed by atoms with Crippen LogP contribution in [0.25, 0.3) is 0 Å². The van der Waals surface area contributed by atoms with E-state index in [9.17, 15) is 13.5 Å². The van der Waals surface area contributed by atoms with Crippen LogP contribution in [0.3, 0.4) is 0 Å². The lowest BCUT2D eigenvalue weighted by Crippen LogP contribution is -2.50. The van der Waals surface area contributed by atoms with Crippen molar-refractivity contribution in [2.45, 2.75) is 48.7 Å². The molecule has 0 spiro atoms. The molecule has 0 aromatic heterocycles. The third-order valence-electron chi connectivity index (χ3n) is 5.80. The molecule has 0 radical (unpaired) electrons. The maximum atomic E-state index is 12.9. The minimum atomic E-state index is -3.60. The fourth-order valence-electron chi connectivity index (χ4n) is 4.54. The second-order valence-electron chi connectivity index (χ2n) is 7.46. The Balaban J connectivity index is 1.67. The third kappa shape index (κ3) is 3.67. The SMILES string of the molecule is O=S(=O)(NC1Cc2ccccc2C1N1CCCCC1CO)c1ccccc1. The zero-order valence-electron chi connectivity index (χ0n) is 15.3. The molecule has 2 aromatic carbocycles. The van der Waals surface area contributed by atoms with E-state index in [4.69, 9.17) is 0 Å². The molecule has 27 heavy (non-hydrogen) atoms. The molecule has 3 unspecified atom stereocenters. The summed E-state index contributed by atoms with van der Waals surface area (Å²) in [5, 5.41) is 9.89. The number of nitrogens with zero attached hydrogens (tertiary/aromatic N) is 1. The van der Waals surface area contributed by atoms with Crippen molar-refractivity contribution in [3.8, 4) is 0 Å². The quantitative estimate of drug-likeness (QED) is 0.828. The summed E-state index contributed by atoms with van der Waals surface area (Å²) in [6.45, 7) is 0.991.